The largest absolute Gasteiger partial charge is 0.466 e. The fourth-order valence-electron chi connectivity index (χ4n) is 0.590. The standard InChI is InChI=1S/C6H10O2.C5H10O2/c1-3-5-6(7)8-4-2;1-3-5(6)7-4-2/h3,5H,4H2,1-2H3;3-4H2,1-2H3/b5-3+;. The highest BCUT2D eigenvalue weighted by Crippen LogP contribution is 1.80. The summed E-state index contributed by atoms with van der Waals surface area (Å²) in [5.74, 6) is -0.391. The molecule has 88 valence electrons. The Bertz CT molecular complexity index is 197. The van der Waals surface area contributed by atoms with Crippen molar-refractivity contribution in [3.8, 4) is 0 Å². The third kappa shape index (κ3) is 15.4. The maximum Gasteiger partial charge on any atom is 0.330 e. The third-order valence-corrected chi connectivity index (χ3v) is 1.18. The molecule has 4 nitrogen and oxygen atoms in total. The maximum atomic E-state index is 10.3. The zero-order valence-electron chi connectivity index (χ0n) is 9.91. The topological polar surface area (TPSA) is 52.6 Å². The Balaban J connectivity index is 0. The van der Waals surface area contributed by atoms with E-state index in [0.717, 1.165) is 0 Å². The summed E-state index contributed by atoms with van der Waals surface area (Å²) in [5.41, 5.74) is 0. The molecule has 0 aromatic rings. The predicted octanol–water partition coefficient (Wildman–Crippen LogP) is 2.09. The van der Waals surface area contributed by atoms with E-state index < -0.39 is 0 Å². The first-order valence-corrected chi connectivity index (χ1v) is 5.07. The van der Waals surface area contributed by atoms with Crippen LogP contribution in [0.15, 0.2) is 12.2 Å². The van der Waals surface area contributed by atoms with Gasteiger partial charge in [0.25, 0.3) is 0 Å². The van der Waals surface area contributed by atoms with Crippen molar-refractivity contribution in [2.45, 2.75) is 34.1 Å². The van der Waals surface area contributed by atoms with Crippen LogP contribution >= 0.6 is 0 Å². The Morgan fingerprint density at radius 3 is 1.87 bits per heavy atom. The summed E-state index contributed by atoms with van der Waals surface area (Å²) < 4.78 is 9.11. The zero-order chi connectivity index (χ0) is 12.1. The number of ether oxygens (including phenoxy) is 2. The highest BCUT2D eigenvalue weighted by atomic mass is 16.5. The van der Waals surface area contributed by atoms with Crippen molar-refractivity contribution in [3.63, 3.8) is 0 Å². The monoisotopic (exact) mass is 216 g/mol. The molecule has 0 aliphatic carbocycles. The molecule has 0 fully saturated rings. The van der Waals surface area contributed by atoms with Crippen LogP contribution in [0.4, 0.5) is 0 Å². The number of hydrogen-bond acceptors (Lipinski definition) is 4. The molecule has 0 aliphatic rings. The van der Waals surface area contributed by atoms with Crippen molar-refractivity contribution in [2.75, 3.05) is 13.2 Å². The normalized spacial score (nSPS) is 9.07. The van der Waals surface area contributed by atoms with Gasteiger partial charge in [-0.2, -0.15) is 0 Å². The highest BCUT2D eigenvalue weighted by molar-refractivity contribution is 5.81. The molecule has 0 amide bonds. The Labute approximate surface area is 91.3 Å². The summed E-state index contributed by atoms with van der Waals surface area (Å²) in [7, 11) is 0. The van der Waals surface area contributed by atoms with Crippen LogP contribution in [0.2, 0.25) is 0 Å². The van der Waals surface area contributed by atoms with Gasteiger partial charge in [-0.3, -0.25) is 4.79 Å². The number of rotatable bonds is 4. The van der Waals surface area contributed by atoms with Crippen LogP contribution in [0.3, 0.4) is 0 Å². The molecule has 0 heterocycles. The third-order valence-electron chi connectivity index (χ3n) is 1.18. The summed E-state index contributed by atoms with van der Waals surface area (Å²) in [6.07, 6.45) is 3.52. The SMILES string of the molecule is C/C=C/C(=O)OCC.CCOC(=O)CC. The average Bonchev–Trinajstić information content (AvgIpc) is 2.20. The average molecular weight is 216 g/mol. The Kier molecular flexibility index (Phi) is 13.6. The molecular weight excluding hydrogens is 196 g/mol. The van der Waals surface area contributed by atoms with Crippen LogP contribution in [0, 0.1) is 0 Å². The van der Waals surface area contributed by atoms with Gasteiger partial charge in [-0.1, -0.05) is 13.0 Å². The number of carbonyl (C=O) groups is 2. The molecule has 0 N–H and O–H groups in total. The van der Waals surface area contributed by atoms with Gasteiger partial charge in [-0.25, -0.2) is 4.79 Å². The van der Waals surface area contributed by atoms with Gasteiger partial charge < -0.3 is 9.47 Å². The Morgan fingerprint density at radius 1 is 1.07 bits per heavy atom. The molecule has 4 heteroatoms. The van der Waals surface area contributed by atoms with Crippen LogP contribution in [-0.2, 0) is 19.1 Å². The first kappa shape index (κ1) is 16.1. The van der Waals surface area contributed by atoms with E-state index >= 15 is 0 Å². The van der Waals surface area contributed by atoms with E-state index in [4.69, 9.17) is 0 Å². The predicted molar refractivity (Wildman–Crippen MR) is 58.4 cm³/mol. The van der Waals surface area contributed by atoms with Gasteiger partial charge in [0, 0.05) is 12.5 Å². The quantitative estimate of drug-likeness (QED) is 0.533. The van der Waals surface area contributed by atoms with Crippen LogP contribution in [-0.4, -0.2) is 25.2 Å². The van der Waals surface area contributed by atoms with E-state index in [0.29, 0.717) is 19.6 Å². The minimum Gasteiger partial charge on any atom is -0.466 e. The molecule has 0 aliphatic heterocycles. The fraction of sp³-hybridized carbons (Fsp3) is 0.636. The van der Waals surface area contributed by atoms with Crippen LogP contribution in [0.1, 0.15) is 34.1 Å². The van der Waals surface area contributed by atoms with Crippen molar-refractivity contribution >= 4 is 11.9 Å². The lowest BCUT2D eigenvalue weighted by atomic mass is 10.5. The lowest BCUT2D eigenvalue weighted by Crippen LogP contribution is -2.00. The van der Waals surface area contributed by atoms with E-state index in [1.165, 1.54) is 6.08 Å². The first-order chi connectivity index (χ1) is 7.12. The Morgan fingerprint density at radius 2 is 1.60 bits per heavy atom. The van der Waals surface area contributed by atoms with E-state index in [1.54, 1.807) is 33.8 Å². The molecule has 0 aromatic carbocycles. The van der Waals surface area contributed by atoms with Crippen molar-refractivity contribution in [3.05, 3.63) is 12.2 Å². The van der Waals surface area contributed by atoms with Gasteiger partial charge >= 0.3 is 11.9 Å². The molecule has 0 unspecified atom stereocenters. The lowest BCUT2D eigenvalue weighted by molar-refractivity contribution is -0.142. The number of esters is 2. The van der Waals surface area contributed by atoms with Crippen molar-refractivity contribution in [1.82, 2.24) is 0 Å². The van der Waals surface area contributed by atoms with Gasteiger partial charge in [0.1, 0.15) is 0 Å². The van der Waals surface area contributed by atoms with Crippen molar-refractivity contribution in [1.29, 1.82) is 0 Å². The summed E-state index contributed by atoms with van der Waals surface area (Å²) in [6.45, 7) is 8.07. The lowest BCUT2D eigenvalue weighted by Gasteiger charge is -1.93. The van der Waals surface area contributed by atoms with Gasteiger partial charge in [0.05, 0.1) is 13.2 Å². The smallest absolute Gasteiger partial charge is 0.330 e. The fourth-order valence-corrected chi connectivity index (χ4v) is 0.590. The number of carbonyl (C=O) groups excluding carboxylic acids is 2. The van der Waals surface area contributed by atoms with E-state index in [2.05, 4.69) is 9.47 Å². The van der Waals surface area contributed by atoms with Gasteiger partial charge in [0.15, 0.2) is 0 Å². The first-order valence-electron chi connectivity index (χ1n) is 5.07. The molecular formula is C11H20O4. The summed E-state index contributed by atoms with van der Waals surface area (Å²) in [4.78, 5) is 20.5. The molecule has 0 saturated carbocycles. The van der Waals surface area contributed by atoms with Crippen LogP contribution in [0.5, 0.6) is 0 Å². The van der Waals surface area contributed by atoms with Gasteiger partial charge in [0.2, 0.25) is 0 Å². The second kappa shape index (κ2) is 12.7. The summed E-state index contributed by atoms with van der Waals surface area (Å²) >= 11 is 0. The molecule has 0 rings (SSSR count). The molecule has 0 atom stereocenters. The number of allylic oxidation sites excluding steroid dienone is 1. The van der Waals surface area contributed by atoms with E-state index in [9.17, 15) is 9.59 Å². The molecule has 0 saturated heterocycles. The van der Waals surface area contributed by atoms with Crippen molar-refractivity contribution < 1.29 is 19.1 Å². The summed E-state index contributed by atoms with van der Waals surface area (Å²) in [6, 6.07) is 0. The molecule has 0 aromatic heterocycles. The van der Waals surface area contributed by atoms with Gasteiger partial charge in [-0.05, 0) is 20.8 Å². The Hall–Kier alpha value is -1.32. The minimum atomic E-state index is -0.269. The second-order valence-corrected chi connectivity index (χ2v) is 2.41. The van der Waals surface area contributed by atoms with Crippen molar-refractivity contribution in [2.24, 2.45) is 0 Å². The molecule has 0 spiro atoms. The molecule has 15 heavy (non-hydrogen) atoms. The summed E-state index contributed by atoms with van der Waals surface area (Å²) in [5, 5.41) is 0. The van der Waals surface area contributed by atoms with E-state index in [-0.39, 0.29) is 11.9 Å². The highest BCUT2D eigenvalue weighted by Gasteiger charge is 1.91. The second-order valence-electron chi connectivity index (χ2n) is 2.41. The molecule has 0 radical (unpaired) electrons. The minimum absolute atomic E-state index is 0.123. The zero-order valence-corrected chi connectivity index (χ0v) is 9.91. The number of hydrogen-bond donors (Lipinski definition) is 0. The van der Waals surface area contributed by atoms with Crippen LogP contribution in [0.25, 0.3) is 0 Å². The van der Waals surface area contributed by atoms with Gasteiger partial charge in [-0.15, -0.1) is 0 Å². The maximum absolute atomic E-state index is 10.3. The van der Waals surface area contributed by atoms with E-state index in [1.807, 2.05) is 0 Å². The van der Waals surface area contributed by atoms with Crippen LogP contribution < -0.4 is 0 Å². The molecule has 0 bridgehead atoms.